The third-order valence-corrected chi connectivity index (χ3v) is 17.9. The van der Waals surface area contributed by atoms with Crippen LogP contribution in [0.4, 0.5) is 4.39 Å². The highest BCUT2D eigenvalue weighted by Gasteiger charge is 2.42. The Morgan fingerprint density at radius 3 is 1.12 bits per heavy atom. The average Bonchev–Trinajstić information content (AvgIpc) is 1.93. The quantitative estimate of drug-likeness (QED) is 0.0993. The fourth-order valence-electron chi connectivity index (χ4n) is 13.7. The number of carboxylic acids is 2. The first kappa shape index (κ1) is 64.5. The van der Waals surface area contributed by atoms with E-state index in [-0.39, 0.29) is 88.3 Å². The maximum Gasteiger partial charge on any atom is 0.327 e. The van der Waals surface area contributed by atoms with Crippen LogP contribution in [0.3, 0.4) is 0 Å². The minimum absolute atomic E-state index is 0.0272. The number of piperidine rings is 3. The number of carbonyl (C=O) groups is 8. The number of aliphatic carboxylic acids is 2. The highest BCUT2D eigenvalue weighted by atomic mass is 19.1. The summed E-state index contributed by atoms with van der Waals surface area (Å²) in [6.45, 7) is 4.61. The number of halogens is 1. The molecular formula is C65H90FN7O12. The van der Waals surface area contributed by atoms with Gasteiger partial charge in [-0.25, -0.2) is 0 Å². The predicted octanol–water partition coefficient (Wildman–Crippen LogP) is 5.92. The van der Waals surface area contributed by atoms with Crippen LogP contribution >= 0.6 is 0 Å². The molecule has 3 N–H and O–H groups in total. The number of amides is 2. The van der Waals surface area contributed by atoms with Crippen molar-refractivity contribution in [2.45, 2.75) is 133 Å². The van der Waals surface area contributed by atoms with Gasteiger partial charge < -0.3 is 34.8 Å². The predicted molar refractivity (Wildman–Crippen MR) is 318 cm³/mol. The second kappa shape index (κ2) is 34.6. The number of benzene rings is 3. The fourth-order valence-corrected chi connectivity index (χ4v) is 13.7. The molecule has 0 aromatic heterocycles. The lowest BCUT2D eigenvalue weighted by atomic mass is 9.87. The molecule has 464 valence electrons. The van der Waals surface area contributed by atoms with Crippen LogP contribution in [0.2, 0.25) is 0 Å². The van der Waals surface area contributed by atoms with Gasteiger partial charge in [0, 0.05) is 50.3 Å². The minimum atomic E-state index is -1.02. The number of nitrogens with one attached hydrogen (secondary N) is 1. The van der Waals surface area contributed by atoms with Gasteiger partial charge in [0.1, 0.15) is 0 Å². The van der Waals surface area contributed by atoms with E-state index in [1.807, 2.05) is 56.0 Å². The highest BCUT2D eigenvalue weighted by molar-refractivity contribution is 5.91. The van der Waals surface area contributed by atoms with Gasteiger partial charge in [0.05, 0.1) is 60.9 Å². The summed E-state index contributed by atoms with van der Waals surface area (Å²) in [5, 5.41) is 23.2. The fraction of sp³-hybridized carbons (Fsp3) is 0.600. The number of esters is 4. The molecule has 3 aromatic carbocycles. The Kier molecular flexibility index (Phi) is 26.3. The number of cyclic esters (lactones) is 4. The molecule has 20 heteroatoms. The molecule has 0 radical (unpaired) electrons. The molecule has 2 aliphatic carbocycles. The van der Waals surface area contributed by atoms with Crippen LogP contribution in [0.15, 0.2) is 91.0 Å². The van der Waals surface area contributed by atoms with Gasteiger partial charge in [-0.05, 0) is 131 Å². The van der Waals surface area contributed by atoms with E-state index >= 15 is 0 Å². The molecule has 7 aliphatic rings. The summed E-state index contributed by atoms with van der Waals surface area (Å²) in [7, 11) is -1.00. The Hall–Kier alpha value is -6.45. The van der Waals surface area contributed by atoms with Crippen molar-refractivity contribution >= 4 is 47.6 Å². The number of nitrogens with zero attached hydrogens (tertiary/aromatic N) is 6. The van der Waals surface area contributed by atoms with E-state index in [0.717, 1.165) is 83.0 Å². The zero-order chi connectivity index (χ0) is 61.2. The molecule has 0 bridgehead atoms. The SMILES string of the molecule is O=C(O)CN(CC(=O)N1CCC(Cc2ccccc2)CC1)C1CCCCC1N(CC(=O)O)CC(=O)N1CCC(Cc2ccccc2)CC1.O=C1CN(C2CCCCC2N2CC(=O)OC(=O)C2)CC(=O)O1.[2H]CF.c1ccc(CC2CCNCC2)cc1. The van der Waals surface area contributed by atoms with Gasteiger partial charge in [0.2, 0.25) is 11.8 Å². The third-order valence-electron chi connectivity index (χ3n) is 17.9. The van der Waals surface area contributed by atoms with Gasteiger partial charge in [0.25, 0.3) is 0 Å². The number of morpholine rings is 2. The van der Waals surface area contributed by atoms with Crippen LogP contribution in [-0.2, 0) is 67.1 Å². The monoisotopic (exact) mass is 1180 g/mol. The van der Waals surface area contributed by atoms with Crippen LogP contribution in [0.25, 0.3) is 0 Å². The van der Waals surface area contributed by atoms with Gasteiger partial charge in [-0.3, -0.25) is 62.3 Å². The van der Waals surface area contributed by atoms with Gasteiger partial charge in [-0.1, -0.05) is 117 Å². The van der Waals surface area contributed by atoms with E-state index in [0.29, 0.717) is 50.9 Å². The van der Waals surface area contributed by atoms with Gasteiger partial charge in [-0.2, -0.15) is 0 Å². The summed E-state index contributed by atoms with van der Waals surface area (Å²) in [4.78, 5) is 108. The summed E-state index contributed by atoms with van der Waals surface area (Å²) in [6.07, 6.45) is 16.2. The molecule has 2 amide bonds. The lowest BCUT2D eigenvalue weighted by molar-refractivity contribution is -0.174. The van der Waals surface area contributed by atoms with Crippen LogP contribution < -0.4 is 5.32 Å². The second-order valence-electron chi connectivity index (χ2n) is 23.8. The van der Waals surface area contributed by atoms with E-state index in [4.69, 9.17) is 1.37 Å². The second-order valence-corrected chi connectivity index (χ2v) is 23.8. The number of likely N-dealkylation sites (tertiary alicyclic amines) is 2. The average molecular weight is 1180 g/mol. The minimum Gasteiger partial charge on any atom is -0.480 e. The van der Waals surface area contributed by atoms with E-state index < -0.39 is 43.0 Å². The Morgan fingerprint density at radius 2 is 0.800 bits per heavy atom. The molecule has 4 atom stereocenters. The van der Waals surface area contributed by atoms with E-state index in [9.17, 15) is 53.0 Å². The van der Waals surface area contributed by atoms with Crippen molar-refractivity contribution in [3.05, 3.63) is 108 Å². The maximum atomic E-state index is 13.6. The Labute approximate surface area is 501 Å². The Morgan fingerprint density at radius 1 is 0.494 bits per heavy atom. The summed E-state index contributed by atoms with van der Waals surface area (Å²) < 4.78 is 24.6. The van der Waals surface area contributed by atoms with Crippen molar-refractivity contribution in [1.82, 2.24) is 34.7 Å². The molecule has 85 heavy (non-hydrogen) atoms. The van der Waals surface area contributed by atoms with Crippen LogP contribution in [-0.4, -0.2) is 210 Å². The zero-order valence-electron chi connectivity index (χ0n) is 50.4. The van der Waals surface area contributed by atoms with Crippen molar-refractivity contribution in [1.29, 1.82) is 0 Å². The molecule has 10 rings (SSSR count). The zero-order valence-corrected chi connectivity index (χ0v) is 49.4. The number of hydrogen-bond donors (Lipinski definition) is 3. The molecule has 19 nitrogen and oxygen atoms in total. The lowest BCUT2D eigenvalue weighted by Gasteiger charge is -2.45. The topological polar surface area (TPSA) is 227 Å². The molecule has 5 heterocycles. The number of carboxylic acid groups (broad SMARTS) is 2. The number of ether oxygens (including phenoxy) is 2. The van der Waals surface area contributed by atoms with Crippen molar-refractivity contribution in [2.24, 2.45) is 17.8 Å². The van der Waals surface area contributed by atoms with Crippen LogP contribution in [0.1, 0.15) is 108 Å². The third kappa shape index (κ3) is 21.5. The molecule has 5 aliphatic heterocycles. The number of alkyl halides is 1. The first-order valence-corrected chi connectivity index (χ1v) is 30.7. The van der Waals surface area contributed by atoms with E-state index in [2.05, 4.69) is 69.4 Å². The summed E-state index contributed by atoms with van der Waals surface area (Å²) >= 11 is 0. The van der Waals surface area contributed by atoms with Crippen molar-refractivity contribution in [3.63, 3.8) is 0 Å². The first-order chi connectivity index (χ1) is 41.6. The van der Waals surface area contributed by atoms with Crippen molar-refractivity contribution < 1.29 is 63.8 Å². The van der Waals surface area contributed by atoms with Gasteiger partial charge in [-0.15, -0.1) is 0 Å². The van der Waals surface area contributed by atoms with Gasteiger partial charge >= 0.3 is 35.8 Å². The summed E-state index contributed by atoms with van der Waals surface area (Å²) in [5.74, 6) is -2.48. The van der Waals surface area contributed by atoms with Crippen LogP contribution in [0, 0.1) is 17.8 Å². The molecule has 4 unspecified atom stereocenters. The van der Waals surface area contributed by atoms with E-state index in [1.54, 1.807) is 9.80 Å². The Balaban J connectivity index is 0.000000225. The molecule has 7 fully saturated rings. The molecule has 5 saturated heterocycles. The Bertz CT molecular complexity index is 2440. The van der Waals surface area contributed by atoms with Crippen molar-refractivity contribution in [3.8, 4) is 0 Å². The first-order valence-electron chi connectivity index (χ1n) is 31.4. The highest BCUT2D eigenvalue weighted by Crippen LogP contribution is 2.31. The van der Waals surface area contributed by atoms with Gasteiger partial charge in [0.15, 0.2) is 0 Å². The number of carbonyl (C=O) groups excluding carboxylic acids is 6. The number of rotatable bonds is 18. The van der Waals surface area contributed by atoms with Crippen molar-refractivity contribution in [2.75, 3.05) is 98.8 Å². The lowest BCUT2D eigenvalue weighted by Crippen LogP contribution is -2.60. The summed E-state index contributed by atoms with van der Waals surface area (Å²) in [5.41, 5.74) is 4.10. The summed E-state index contributed by atoms with van der Waals surface area (Å²) in [6, 6.07) is 30.9. The smallest absolute Gasteiger partial charge is 0.327 e. The molecule has 3 aromatic rings. The number of hydrogen-bond acceptors (Lipinski definition) is 15. The van der Waals surface area contributed by atoms with Crippen LogP contribution in [0.5, 0.6) is 0 Å². The normalized spacial score (nSPS) is 23.2. The standard InChI is InChI=1S/C38H52N4O6.C14H18N2O6.C12H17N.CH3F/c43-35(39-19-15-31(16-20-39)23-29-9-3-1-4-10-29)25-41(27-37(45)46)33-13-7-8-14-34(33)42(28-38(47)48)26-36(44)40-21-17-32(18-22-40)24-30-11-5-2-6-12-30;17-11-5-15(6-12(18)21-11)9-3-1-2-4-10(9)16-7-13(19)22-14(20)8-16;1-2-4-11(5-3-1)10-12-6-8-13-9-7-12;1-2/h1-6,9-12,31-34H,7-8,13-28H2,(H,45,46)(H,47,48);9-10H,1-8H2;1-5,12-13H,6-10H2;1H3/i;;;1D. The largest absolute Gasteiger partial charge is 0.480 e. The maximum absolute atomic E-state index is 13.6. The van der Waals surface area contributed by atoms with E-state index in [1.165, 1.54) is 49.0 Å². The molecular weight excluding hydrogens is 1090 g/mol. The molecule has 0 spiro atoms. The molecule has 2 saturated carbocycles.